The molecule has 1 fully saturated rings. The van der Waals surface area contributed by atoms with Gasteiger partial charge in [-0.3, -0.25) is 0 Å². The van der Waals surface area contributed by atoms with Crippen LogP contribution in [0.4, 0.5) is 4.39 Å². The standard InChI is InChI=1S/C15H20BrFO2/c1-2-19-15(8-3-4-9-15)13(18)10-11-6-5-7-12(17)14(11)16/h5-7,13,18H,2-4,8-10H2,1H3. The van der Waals surface area contributed by atoms with Crippen molar-refractivity contribution < 1.29 is 14.2 Å². The Kier molecular flexibility index (Phi) is 4.98. The highest BCUT2D eigenvalue weighted by Gasteiger charge is 2.41. The van der Waals surface area contributed by atoms with Crippen molar-refractivity contribution in [3.8, 4) is 0 Å². The van der Waals surface area contributed by atoms with E-state index < -0.39 is 11.7 Å². The summed E-state index contributed by atoms with van der Waals surface area (Å²) < 4.78 is 19.8. The first-order chi connectivity index (χ1) is 9.09. The van der Waals surface area contributed by atoms with Gasteiger partial charge >= 0.3 is 0 Å². The van der Waals surface area contributed by atoms with Gasteiger partial charge in [-0.2, -0.15) is 0 Å². The first-order valence-electron chi connectivity index (χ1n) is 6.84. The van der Waals surface area contributed by atoms with Crippen LogP contribution in [-0.2, 0) is 11.2 Å². The fourth-order valence-electron chi connectivity index (χ4n) is 2.94. The van der Waals surface area contributed by atoms with Gasteiger partial charge < -0.3 is 9.84 Å². The maximum absolute atomic E-state index is 13.5. The number of aliphatic hydroxyl groups is 1. The Labute approximate surface area is 122 Å². The third kappa shape index (κ3) is 3.18. The SMILES string of the molecule is CCOC1(C(O)Cc2cccc(F)c2Br)CCCC1. The van der Waals surface area contributed by atoms with E-state index in [0.717, 1.165) is 31.2 Å². The largest absolute Gasteiger partial charge is 0.390 e. The van der Waals surface area contributed by atoms with Gasteiger partial charge in [0.1, 0.15) is 5.82 Å². The van der Waals surface area contributed by atoms with Gasteiger partial charge in [0.2, 0.25) is 0 Å². The van der Waals surface area contributed by atoms with Crippen LogP contribution >= 0.6 is 15.9 Å². The third-order valence-electron chi connectivity index (χ3n) is 3.93. The predicted molar refractivity (Wildman–Crippen MR) is 76.6 cm³/mol. The third-order valence-corrected chi connectivity index (χ3v) is 4.82. The van der Waals surface area contributed by atoms with Crippen molar-refractivity contribution in [2.75, 3.05) is 6.61 Å². The van der Waals surface area contributed by atoms with Crippen LogP contribution in [0.5, 0.6) is 0 Å². The fourth-order valence-corrected chi connectivity index (χ4v) is 3.36. The van der Waals surface area contributed by atoms with E-state index in [2.05, 4.69) is 15.9 Å². The van der Waals surface area contributed by atoms with Crippen LogP contribution in [0.15, 0.2) is 22.7 Å². The number of hydrogen-bond acceptors (Lipinski definition) is 2. The smallest absolute Gasteiger partial charge is 0.137 e. The summed E-state index contributed by atoms with van der Waals surface area (Å²) in [6.07, 6.45) is 3.76. The summed E-state index contributed by atoms with van der Waals surface area (Å²) in [5.74, 6) is -0.290. The Bertz CT molecular complexity index is 430. The van der Waals surface area contributed by atoms with Gasteiger partial charge in [0.15, 0.2) is 0 Å². The van der Waals surface area contributed by atoms with Gasteiger partial charge in [-0.05, 0) is 47.3 Å². The molecule has 19 heavy (non-hydrogen) atoms. The summed E-state index contributed by atoms with van der Waals surface area (Å²) in [5.41, 5.74) is 0.346. The van der Waals surface area contributed by atoms with Gasteiger partial charge in [0.25, 0.3) is 0 Å². The number of benzene rings is 1. The highest BCUT2D eigenvalue weighted by Crippen LogP contribution is 2.38. The van der Waals surface area contributed by atoms with Crippen molar-refractivity contribution in [2.24, 2.45) is 0 Å². The normalized spacial score (nSPS) is 19.6. The number of aliphatic hydroxyl groups excluding tert-OH is 1. The zero-order valence-corrected chi connectivity index (χ0v) is 12.7. The Morgan fingerprint density at radius 1 is 1.42 bits per heavy atom. The molecule has 1 saturated carbocycles. The van der Waals surface area contributed by atoms with Crippen molar-refractivity contribution in [3.63, 3.8) is 0 Å². The molecule has 4 heteroatoms. The summed E-state index contributed by atoms with van der Waals surface area (Å²) in [4.78, 5) is 0. The molecule has 2 rings (SSSR count). The molecule has 1 N–H and O–H groups in total. The molecule has 1 aliphatic rings. The van der Waals surface area contributed by atoms with E-state index in [1.807, 2.05) is 13.0 Å². The van der Waals surface area contributed by atoms with Crippen molar-refractivity contribution in [1.29, 1.82) is 0 Å². The molecule has 0 saturated heterocycles. The van der Waals surface area contributed by atoms with E-state index >= 15 is 0 Å². The first-order valence-corrected chi connectivity index (χ1v) is 7.63. The Morgan fingerprint density at radius 3 is 2.74 bits per heavy atom. The minimum absolute atomic E-state index is 0.290. The van der Waals surface area contributed by atoms with Gasteiger partial charge in [0.05, 0.1) is 16.2 Å². The molecule has 1 unspecified atom stereocenters. The lowest BCUT2D eigenvalue weighted by Gasteiger charge is -2.34. The van der Waals surface area contributed by atoms with Crippen LogP contribution in [0.25, 0.3) is 0 Å². The zero-order chi connectivity index (χ0) is 13.9. The van der Waals surface area contributed by atoms with Crippen molar-refractivity contribution >= 4 is 15.9 Å². The molecule has 0 spiro atoms. The van der Waals surface area contributed by atoms with Crippen LogP contribution < -0.4 is 0 Å². The monoisotopic (exact) mass is 330 g/mol. The van der Waals surface area contributed by atoms with E-state index in [-0.39, 0.29) is 5.82 Å². The van der Waals surface area contributed by atoms with E-state index in [1.165, 1.54) is 6.07 Å². The summed E-state index contributed by atoms with van der Waals surface area (Å²) in [6, 6.07) is 4.92. The van der Waals surface area contributed by atoms with Gasteiger partial charge in [-0.15, -0.1) is 0 Å². The lowest BCUT2D eigenvalue weighted by atomic mass is 9.89. The maximum atomic E-state index is 13.5. The summed E-state index contributed by atoms with van der Waals surface area (Å²) in [6.45, 7) is 2.55. The topological polar surface area (TPSA) is 29.5 Å². The molecule has 0 heterocycles. The fraction of sp³-hybridized carbons (Fsp3) is 0.600. The molecule has 0 aromatic heterocycles. The Morgan fingerprint density at radius 2 is 2.11 bits per heavy atom. The molecule has 106 valence electrons. The zero-order valence-electron chi connectivity index (χ0n) is 11.2. The average molecular weight is 331 g/mol. The Balaban J connectivity index is 2.15. The highest BCUT2D eigenvalue weighted by atomic mass is 79.9. The van der Waals surface area contributed by atoms with E-state index in [9.17, 15) is 9.50 Å². The number of halogens is 2. The minimum atomic E-state index is -0.590. The number of ether oxygens (including phenoxy) is 1. The Hall–Kier alpha value is -0.450. The minimum Gasteiger partial charge on any atom is -0.390 e. The molecule has 1 atom stereocenters. The maximum Gasteiger partial charge on any atom is 0.137 e. The van der Waals surface area contributed by atoms with Gasteiger partial charge in [-0.25, -0.2) is 4.39 Å². The summed E-state index contributed by atoms with van der Waals surface area (Å²) in [7, 11) is 0. The van der Waals surface area contributed by atoms with E-state index in [0.29, 0.717) is 17.5 Å². The van der Waals surface area contributed by atoms with Crippen LogP contribution in [0.3, 0.4) is 0 Å². The van der Waals surface area contributed by atoms with Crippen LogP contribution in [0.2, 0.25) is 0 Å². The molecule has 0 aliphatic heterocycles. The molecule has 0 amide bonds. The van der Waals surface area contributed by atoms with Crippen LogP contribution in [0.1, 0.15) is 38.2 Å². The molecule has 0 radical (unpaired) electrons. The van der Waals surface area contributed by atoms with Gasteiger partial charge in [-0.1, -0.05) is 25.0 Å². The predicted octanol–water partition coefficient (Wildman–Crippen LogP) is 3.84. The summed E-state index contributed by atoms with van der Waals surface area (Å²) >= 11 is 3.25. The quantitative estimate of drug-likeness (QED) is 0.888. The lowest BCUT2D eigenvalue weighted by Crippen LogP contribution is -2.43. The number of rotatable bonds is 5. The average Bonchev–Trinajstić information content (AvgIpc) is 2.85. The molecule has 1 aromatic carbocycles. The van der Waals surface area contributed by atoms with Crippen molar-refractivity contribution in [2.45, 2.75) is 50.7 Å². The van der Waals surface area contributed by atoms with Crippen LogP contribution in [0, 0.1) is 5.82 Å². The van der Waals surface area contributed by atoms with E-state index in [4.69, 9.17) is 4.74 Å². The summed E-state index contributed by atoms with van der Waals surface area (Å²) in [5, 5.41) is 10.5. The second kappa shape index (κ2) is 6.33. The molecular weight excluding hydrogens is 311 g/mol. The molecular formula is C15H20BrFO2. The van der Waals surface area contributed by atoms with Crippen molar-refractivity contribution in [1.82, 2.24) is 0 Å². The molecule has 0 bridgehead atoms. The van der Waals surface area contributed by atoms with Crippen LogP contribution in [-0.4, -0.2) is 23.4 Å². The first kappa shape index (κ1) is 14.9. The van der Waals surface area contributed by atoms with Crippen molar-refractivity contribution in [3.05, 3.63) is 34.1 Å². The molecule has 1 aliphatic carbocycles. The number of hydrogen-bond donors (Lipinski definition) is 1. The molecule has 1 aromatic rings. The van der Waals surface area contributed by atoms with E-state index in [1.54, 1.807) is 6.07 Å². The second-order valence-corrected chi connectivity index (χ2v) is 5.93. The van der Waals surface area contributed by atoms with Gasteiger partial charge in [0, 0.05) is 13.0 Å². The highest BCUT2D eigenvalue weighted by molar-refractivity contribution is 9.10. The lowest BCUT2D eigenvalue weighted by molar-refractivity contribution is -0.115. The second-order valence-electron chi connectivity index (χ2n) is 5.14. The molecule has 2 nitrogen and oxygen atoms in total.